The van der Waals surface area contributed by atoms with Crippen LogP contribution in [0.2, 0.25) is 0 Å². The predicted octanol–water partition coefficient (Wildman–Crippen LogP) is 1.48. The lowest BCUT2D eigenvalue weighted by Crippen LogP contribution is -2.35. The summed E-state index contributed by atoms with van der Waals surface area (Å²) in [4.78, 5) is 27.4. The molecule has 0 aromatic carbocycles. The van der Waals surface area contributed by atoms with Crippen LogP contribution in [0.25, 0.3) is 10.4 Å². The second kappa shape index (κ2) is 5.54. The fraction of sp³-hybridized carbons (Fsp3) is 0.600. The average molecular weight is 395 g/mol. The Labute approximate surface area is 125 Å². The molecule has 1 aromatic rings. The number of alkyl halides is 2. The fourth-order valence-electron chi connectivity index (χ4n) is 2.09. The van der Waals surface area contributed by atoms with Crippen LogP contribution >= 0.6 is 22.6 Å². The first-order chi connectivity index (χ1) is 9.45. The zero-order valence-electron chi connectivity index (χ0n) is 10.4. The summed E-state index contributed by atoms with van der Waals surface area (Å²) in [7, 11) is 0. The Balaban J connectivity index is 2.47. The Kier molecular flexibility index (Phi) is 4.16. The first kappa shape index (κ1) is 15.0. The molecule has 0 spiro atoms. The van der Waals surface area contributed by atoms with Crippen LogP contribution in [-0.4, -0.2) is 25.9 Å². The van der Waals surface area contributed by atoms with Gasteiger partial charge < -0.3 is 4.74 Å². The molecule has 0 aliphatic carbocycles. The van der Waals surface area contributed by atoms with E-state index in [-0.39, 0.29) is 4.43 Å². The van der Waals surface area contributed by atoms with E-state index in [0.717, 1.165) is 16.8 Å². The average Bonchev–Trinajstić information content (AvgIpc) is 2.65. The van der Waals surface area contributed by atoms with Gasteiger partial charge in [0.2, 0.25) is 0 Å². The van der Waals surface area contributed by atoms with Gasteiger partial charge in [-0.2, -0.15) is 0 Å². The van der Waals surface area contributed by atoms with E-state index in [1.807, 2.05) is 27.6 Å². The maximum absolute atomic E-state index is 14.4. The highest BCUT2D eigenvalue weighted by atomic mass is 127. The van der Waals surface area contributed by atoms with Gasteiger partial charge in [-0.25, -0.2) is 9.18 Å². The van der Waals surface area contributed by atoms with Crippen molar-refractivity contribution >= 4 is 22.6 Å². The summed E-state index contributed by atoms with van der Waals surface area (Å²) in [6.07, 6.45) is -1.63. The quantitative estimate of drug-likeness (QED) is 0.275. The summed E-state index contributed by atoms with van der Waals surface area (Å²) in [5.41, 5.74) is 5.90. The molecule has 10 heteroatoms. The first-order valence-electron chi connectivity index (χ1n) is 5.71. The molecule has 0 amide bonds. The van der Waals surface area contributed by atoms with Crippen molar-refractivity contribution in [1.82, 2.24) is 9.55 Å². The molecule has 108 valence electrons. The highest BCUT2D eigenvalue weighted by molar-refractivity contribution is 14.1. The van der Waals surface area contributed by atoms with Gasteiger partial charge >= 0.3 is 5.69 Å². The molecule has 0 bridgehead atoms. The molecule has 4 atom stereocenters. The largest absolute Gasteiger partial charge is 0.341 e. The molecule has 0 unspecified atom stereocenters. The Bertz CT molecular complexity index is 669. The van der Waals surface area contributed by atoms with Gasteiger partial charge in [0, 0.05) is 27.5 Å². The van der Waals surface area contributed by atoms with Gasteiger partial charge in [-0.3, -0.25) is 14.3 Å². The van der Waals surface area contributed by atoms with Crippen molar-refractivity contribution < 1.29 is 9.13 Å². The number of aromatic nitrogens is 2. The number of nitrogens with one attached hydrogen (secondary N) is 1. The van der Waals surface area contributed by atoms with Crippen LogP contribution in [0.5, 0.6) is 0 Å². The normalized spacial score (nSPS) is 32.9. The van der Waals surface area contributed by atoms with Gasteiger partial charge in [0.15, 0.2) is 18.1 Å². The summed E-state index contributed by atoms with van der Waals surface area (Å²) in [5, 5.41) is 3.55. The molecule has 8 nitrogen and oxygen atoms in total. The van der Waals surface area contributed by atoms with Crippen molar-refractivity contribution in [2.75, 3.05) is 4.43 Å². The molecule has 1 aromatic heterocycles. The Morgan fingerprint density at radius 1 is 1.70 bits per heavy atom. The van der Waals surface area contributed by atoms with Crippen molar-refractivity contribution in [1.29, 1.82) is 0 Å². The van der Waals surface area contributed by atoms with E-state index in [4.69, 9.17) is 10.3 Å². The number of ether oxygens (including phenoxy) is 1. The lowest BCUT2D eigenvalue weighted by atomic mass is 9.98. The number of nitrogens with zero attached hydrogens (tertiary/aromatic N) is 4. The third-order valence-electron chi connectivity index (χ3n) is 3.32. The minimum atomic E-state index is -1.54. The number of hydrogen-bond acceptors (Lipinski definition) is 4. The third-order valence-corrected chi connectivity index (χ3v) is 4.41. The Morgan fingerprint density at radius 3 is 2.95 bits per heavy atom. The number of hydrogen-bond donors (Lipinski definition) is 1. The molecule has 1 aliphatic rings. The van der Waals surface area contributed by atoms with Crippen LogP contribution in [0.15, 0.2) is 27.0 Å². The molecule has 2 heterocycles. The standard InChI is InChI=1S/C10H11FIN5O3/c1-5-7(11)8(20-10(5,4-12)15-16-13)17-3-2-6(18)14-9(17)19/h2-3,5,7-8H,4H2,1H3,(H,14,18,19)/t5-,7-,8+,10+/m0/s1. The predicted molar refractivity (Wildman–Crippen MR) is 76.3 cm³/mol. The molecule has 2 rings (SSSR count). The maximum atomic E-state index is 14.4. The summed E-state index contributed by atoms with van der Waals surface area (Å²) in [5.74, 6) is -0.723. The van der Waals surface area contributed by atoms with Gasteiger partial charge in [-0.05, 0) is 5.53 Å². The molecular formula is C10H11FIN5O3. The van der Waals surface area contributed by atoms with Crippen LogP contribution in [0.4, 0.5) is 4.39 Å². The number of azide groups is 1. The lowest BCUT2D eigenvalue weighted by Gasteiger charge is -2.24. The topological polar surface area (TPSA) is 113 Å². The smallest absolute Gasteiger partial charge is 0.330 e. The summed E-state index contributed by atoms with van der Waals surface area (Å²) >= 11 is 1.93. The number of halogens is 2. The van der Waals surface area contributed by atoms with Crippen LogP contribution < -0.4 is 11.2 Å². The van der Waals surface area contributed by atoms with Crippen LogP contribution in [0, 0.1) is 5.92 Å². The van der Waals surface area contributed by atoms with E-state index in [1.54, 1.807) is 6.92 Å². The van der Waals surface area contributed by atoms with Crippen molar-refractivity contribution in [2.45, 2.75) is 25.0 Å². The SMILES string of the molecule is C[C@H]1[C@H](F)[C@H](n2ccc(=O)[nH]c2=O)O[C@@]1(CI)N=[N+]=[N-]. The summed E-state index contributed by atoms with van der Waals surface area (Å²) in [6.45, 7) is 1.55. The van der Waals surface area contributed by atoms with E-state index in [0.29, 0.717) is 0 Å². The lowest BCUT2D eigenvalue weighted by molar-refractivity contribution is -0.0709. The molecule has 0 saturated carbocycles. The first-order valence-corrected chi connectivity index (χ1v) is 7.23. The van der Waals surface area contributed by atoms with Gasteiger partial charge in [-0.1, -0.05) is 34.6 Å². The molecule has 1 aliphatic heterocycles. The summed E-state index contributed by atoms with van der Waals surface area (Å²) in [6, 6.07) is 1.10. The Hall–Kier alpha value is -1.39. The van der Waals surface area contributed by atoms with E-state index in [9.17, 15) is 14.0 Å². The highest BCUT2D eigenvalue weighted by Gasteiger charge is 2.53. The number of rotatable bonds is 3. The van der Waals surface area contributed by atoms with Crippen LogP contribution in [-0.2, 0) is 4.74 Å². The molecular weight excluding hydrogens is 384 g/mol. The molecule has 1 saturated heterocycles. The molecule has 1 fully saturated rings. The molecule has 20 heavy (non-hydrogen) atoms. The third kappa shape index (κ3) is 2.34. The highest BCUT2D eigenvalue weighted by Crippen LogP contribution is 2.44. The van der Waals surface area contributed by atoms with E-state index < -0.39 is 35.3 Å². The van der Waals surface area contributed by atoms with E-state index in [1.165, 1.54) is 0 Å². The van der Waals surface area contributed by atoms with Crippen LogP contribution in [0.1, 0.15) is 13.2 Å². The van der Waals surface area contributed by atoms with E-state index >= 15 is 0 Å². The van der Waals surface area contributed by atoms with Gasteiger partial charge in [0.05, 0.1) is 0 Å². The van der Waals surface area contributed by atoms with Crippen molar-refractivity contribution in [3.8, 4) is 0 Å². The zero-order valence-corrected chi connectivity index (χ0v) is 12.5. The van der Waals surface area contributed by atoms with Gasteiger partial charge in [-0.15, -0.1) is 0 Å². The van der Waals surface area contributed by atoms with Crippen molar-refractivity contribution in [2.24, 2.45) is 11.0 Å². The Morgan fingerprint density at radius 2 is 2.40 bits per heavy atom. The molecule has 0 radical (unpaired) electrons. The summed E-state index contributed by atoms with van der Waals surface area (Å²) < 4.78 is 21.1. The monoisotopic (exact) mass is 395 g/mol. The van der Waals surface area contributed by atoms with E-state index in [2.05, 4.69) is 10.0 Å². The second-order valence-electron chi connectivity index (χ2n) is 4.43. The second-order valence-corrected chi connectivity index (χ2v) is 5.19. The van der Waals surface area contributed by atoms with Crippen LogP contribution in [0.3, 0.4) is 0 Å². The zero-order chi connectivity index (χ0) is 14.9. The fourth-order valence-corrected chi connectivity index (χ4v) is 3.11. The maximum Gasteiger partial charge on any atom is 0.330 e. The van der Waals surface area contributed by atoms with Gasteiger partial charge in [0.25, 0.3) is 5.56 Å². The minimum absolute atomic E-state index is 0.241. The molecule has 1 N–H and O–H groups in total. The van der Waals surface area contributed by atoms with Gasteiger partial charge in [0.1, 0.15) is 0 Å². The van der Waals surface area contributed by atoms with Crippen molar-refractivity contribution in [3.05, 3.63) is 43.5 Å². The number of H-pyrrole nitrogens is 1. The van der Waals surface area contributed by atoms with Crippen molar-refractivity contribution in [3.63, 3.8) is 0 Å². The minimum Gasteiger partial charge on any atom is -0.341 e. The number of aromatic amines is 1.